The molecule has 3 rings (SSSR count). The number of aryl methyl sites for hydroxylation is 2. The van der Waals surface area contributed by atoms with E-state index in [2.05, 4.69) is 10.3 Å². The van der Waals surface area contributed by atoms with Gasteiger partial charge in [0, 0.05) is 11.4 Å². The van der Waals surface area contributed by atoms with Gasteiger partial charge in [-0.15, -0.1) is 11.3 Å². The zero-order valence-electron chi connectivity index (χ0n) is 15.9. The molecule has 0 unspecified atom stereocenters. The fraction of sp³-hybridized carbons (Fsp3) is 0.300. The summed E-state index contributed by atoms with van der Waals surface area (Å²) in [6, 6.07) is 8.51. The Morgan fingerprint density at radius 2 is 2.11 bits per heavy atom. The maximum Gasteiger partial charge on any atom is 0.338 e. The van der Waals surface area contributed by atoms with Gasteiger partial charge in [0.15, 0.2) is 6.61 Å². The summed E-state index contributed by atoms with van der Waals surface area (Å²) < 4.78 is 6.73. The molecule has 0 bridgehead atoms. The Balaban J connectivity index is 1.69. The van der Waals surface area contributed by atoms with E-state index in [9.17, 15) is 14.4 Å². The maximum absolute atomic E-state index is 12.3. The van der Waals surface area contributed by atoms with E-state index < -0.39 is 5.97 Å². The molecule has 28 heavy (non-hydrogen) atoms. The number of ether oxygens (including phenoxy) is 1. The number of aromatic nitrogens is 2. The number of esters is 1. The van der Waals surface area contributed by atoms with Crippen molar-refractivity contribution in [2.75, 3.05) is 6.61 Å². The van der Waals surface area contributed by atoms with E-state index in [4.69, 9.17) is 4.74 Å². The summed E-state index contributed by atoms with van der Waals surface area (Å²) in [5.41, 5.74) is 1.67. The molecule has 0 fully saturated rings. The number of rotatable bonds is 6. The number of carbonyl (C=O) groups is 2. The molecule has 1 amide bonds. The van der Waals surface area contributed by atoms with Gasteiger partial charge >= 0.3 is 5.97 Å². The summed E-state index contributed by atoms with van der Waals surface area (Å²) in [6.07, 6.45) is 0. The van der Waals surface area contributed by atoms with Gasteiger partial charge < -0.3 is 14.6 Å². The number of nitrogens with zero attached hydrogens (tertiary/aromatic N) is 2. The number of carbonyl (C=O) groups excluding carboxylic acids is 2. The van der Waals surface area contributed by atoms with E-state index >= 15 is 0 Å². The monoisotopic (exact) mass is 399 g/mol. The molecule has 0 saturated carbocycles. The van der Waals surface area contributed by atoms with E-state index in [1.54, 1.807) is 41.0 Å². The average molecular weight is 399 g/mol. The topological polar surface area (TPSA) is 90.3 Å². The molecule has 3 aromatic rings. The molecule has 1 N–H and O–H groups in total. The molecule has 0 spiro atoms. The number of hydrogen-bond donors (Lipinski definition) is 1. The first-order valence-electron chi connectivity index (χ1n) is 8.91. The predicted octanol–water partition coefficient (Wildman–Crippen LogP) is 2.82. The molecule has 2 heterocycles. The second kappa shape index (κ2) is 8.35. The highest BCUT2D eigenvalue weighted by atomic mass is 32.1. The number of amides is 1. The van der Waals surface area contributed by atoms with Crippen LogP contribution in [0.15, 0.2) is 40.5 Å². The minimum atomic E-state index is -0.616. The first kappa shape index (κ1) is 19.8. The summed E-state index contributed by atoms with van der Waals surface area (Å²) in [6.45, 7) is 5.52. The molecule has 7 nitrogen and oxygen atoms in total. The average Bonchev–Trinajstić information content (AvgIpc) is 3.22. The molecule has 0 radical (unpaired) electrons. The quantitative estimate of drug-likeness (QED) is 0.644. The lowest BCUT2D eigenvalue weighted by atomic mass is 10.2. The van der Waals surface area contributed by atoms with Gasteiger partial charge in [-0.2, -0.15) is 0 Å². The molecule has 8 heteroatoms. The molecular weight excluding hydrogens is 378 g/mol. The molecule has 0 aliphatic rings. The van der Waals surface area contributed by atoms with Gasteiger partial charge in [0.25, 0.3) is 11.5 Å². The van der Waals surface area contributed by atoms with Crippen LogP contribution in [0.1, 0.15) is 40.8 Å². The smallest absolute Gasteiger partial charge is 0.338 e. The van der Waals surface area contributed by atoms with Gasteiger partial charge in [0.1, 0.15) is 5.69 Å². The van der Waals surface area contributed by atoms with Crippen LogP contribution in [-0.2, 0) is 16.1 Å². The second-order valence-electron chi connectivity index (χ2n) is 6.33. The normalized spacial score (nSPS) is 12.0. The zero-order chi connectivity index (χ0) is 20.3. The zero-order valence-corrected chi connectivity index (χ0v) is 16.7. The number of hydrogen-bond acceptors (Lipinski definition) is 6. The van der Waals surface area contributed by atoms with Crippen molar-refractivity contribution in [1.29, 1.82) is 0 Å². The van der Waals surface area contributed by atoms with Gasteiger partial charge in [-0.25, -0.2) is 9.78 Å². The van der Waals surface area contributed by atoms with Crippen LogP contribution in [0.2, 0.25) is 0 Å². The van der Waals surface area contributed by atoms with Crippen LogP contribution in [0, 0.1) is 6.92 Å². The Morgan fingerprint density at radius 3 is 2.79 bits per heavy atom. The number of fused-ring (bicyclic) bond motifs is 1. The lowest BCUT2D eigenvalue weighted by Crippen LogP contribution is -2.30. The minimum absolute atomic E-state index is 0.148. The number of nitrogens with one attached hydrogen (secondary N) is 1. The van der Waals surface area contributed by atoms with Crippen molar-refractivity contribution < 1.29 is 14.3 Å². The molecular formula is C20H21N3O4S. The van der Waals surface area contributed by atoms with Crippen molar-refractivity contribution in [2.24, 2.45) is 0 Å². The van der Waals surface area contributed by atoms with Crippen LogP contribution < -0.4 is 10.9 Å². The van der Waals surface area contributed by atoms with Crippen molar-refractivity contribution in [2.45, 2.75) is 33.4 Å². The van der Waals surface area contributed by atoms with Crippen molar-refractivity contribution in [3.05, 3.63) is 62.2 Å². The Hall–Kier alpha value is -3.00. The van der Waals surface area contributed by atoms with E-state index in [-0.39, 0.29) is 29.7 Å². The van der Waals surface area contributed by atoms with Gasteiger partial charge in [-0.05, 0) is 50.4 Å². The van der Waals surface area contributed by atoms with Crippen LogP contribution in [0.25, 0.3) is 11.0 Å². The lowest BCUT2D eigenvalue weighted by Gasteiger charge is -2.13. The Kier molecular flexibility index (Phi) is 5.89. The van der Waals surface area contributed by atoms with E-state index in [0.29, 0.717) is 23.3 Å². The molecule has 0 aliphatic carbocycles. The first-order valence-corrected chi connectivity index (χ1v) is 9.79. The lowest BCUT2D eigenvalue weighted by molar-refractivity contribution is -0.124. The van der Waals surface area contributed by atoms with Crippen molar-refractivity contribution in [3.63, 3.8) is 0 Å². The summed E-state index contributed by atoms with van der Waals surface area (Å²) >= 11 is 1.55. The minimum Gasteiger partial charge on any atom is -0.452 e. The summed E-state index contributed by atoms with van der Waals surface area (Å²) in [5.74, 6) is -0.988. The van der Waals surface area contributed by atoms with Crippen LogP contribution in [0.3, 0.4) is 0 Å². The highest BCUT2D eigenvalue weighted by Gasteiger charge is 2.15. The van der Waals surface area contributed by atoms with Crippen molar-refractivity contribution in [1.82, 2.24) is 14.9 Å². The molecule has 1 atom stereocenters. The first-order chi connectivity index (χ1) is 13.4. The molecule has 2 aromatic heterocycles. The van der Waals surface area contributed by atoms with Crippen molar-refractivity contribution in [3.8, 4) is 0 Å². The van der Waals surface area contributed by atoms with Gasteiger partial charge in [-0.1, -0.05) is 6.07 Å². The highest BCUT2D eigenvalue weighted by molar-refractivity contribution is 7.10. The standard InChI is InChI=1S/C20H21N3O4S/c1-4-23-16-8-7-14(10-15(16)21-13(3)19(23)25)20(26)27-11-18(24)22-12(2)17-6-5-9-28-17/h5-10,12H,4,11H2,1-3H3,(H,22,24)/t12-/m1/s1. The third-order valence-electron chi connectivity index (χ3n) is 4.34. The van der Waals surface area contributed by atoms with E-state index in [1.807, 2.05) is 31.4 Å². The van der Waals surface area contributed by atoms with Gasteiger partial charge in [0.2, 0.25) is 0 Å². The summed E-state index contributed by atoms with van der Waals surface area (Å²) in [7, 11) is 0. The SMILES string of the molecule is CCn1c(=O)c(C)nc2cc(C(=O)OCC(=O)N[C@H](C)c3cccs3)ccc21. The van der Waals surface area contributed by atoms with Crippen LogP contribution >= 0.6 is 11.3 Å². The summed E-state index contributed by atoms with van der Waals surface area (Å²) in [5, 5.41) is 4.73. The molecule has 0 aliphatic heterocycles. The third kappa shape index (κ3) is 4.12. The van der Waals surface area contributed by atoms with Crippen molar-refractivity contribution >= 4 is 34.2 Å². The molecule has 146 valence electrons. The number of thiophene rings is 1. The van der Waals surface area contributed by atoms with Crippen LogP contribution in [0.4, 0.5) is 0 Å². The highest BCUT2D eigenvalue weighted by Crippen LogP contribution is 2.18. The molecule has 1 aromatic carbocycles. The fourth-order valence-corrected chi connectivity index (χ4v) is 3.66. The largest absolute Gasteiger partial charge is 0.452 e. The van der Waals surface area contributed by atoms with Gasteiger partial charge in [0.05, 0.1) is 22.6 Å². The van der Waals surface area contributed by atoms with Crippen LogP contribution in [-0.4, -0.2) is 28.0 Å². The second-order valence-corrected chi connectivity index (χ2v) is 7.31. The third-order valence-corrected chi connectivity index (χ3v) is 5.40. The summed E-state index contributed by atoms with van der Waals surface area (Å²) in [4.78, 5) is 41.8. The predicted molar refractivity (Wildman–Crippen MR) is 108 cm³/mol. The fourth-order valence-electron chi connectivity index (χ4n) is 2.92. The molecule has 0 saturated heterocycles. The van der Waals surface area contributed by atoms with Gasteiger partial charge in [-0.3, -0.25) is 9.59 Å². The Labute approximate surface area is 166 Å². The Morgan fingerprint density at radius 1 is 1.32 bits per heavy atom. The van der Waals surface area contributed by atoms with E-state index in [0.717, 1.165) is 4.88 Å². The van der Waals surface area contributed by atoms with Crippen LogP contribution in [0.5, 0.6) is 0 Å². The number of benzene rings is 1. The maximum atomic E-state index is 12.3. The Bertz CT molecular complexity index is 1070. The van der Waals surface area contributed by atoms with E-state index in [1.165, 1.54) is 0 Å².